The molecule has 0 aliphatic carbocycles. The summed E-state index contributed by atoms with van der Waals surface area (Å²) in [6.07, 6.45) is 8.88. The Morgan fingerprint density at radius 1 is 0.821 bits per heavy atom. The fourth-order valence-corrected chi connectivity index (χ4v) is 8.03. The number of benzene rings is 1. The van der Waals surface area contributed by atoms with Crippen LogP contribution < -0.4 is 5.32 Å². The van der Waals surface area contributed by atoms with E-state index in [0.717, 1.165) is 47.3 Å². The first-order chi connectivity index (χ1) is 19.2. The Kier molecular flexibility index (Phi) is 7.05. The number of aromatic hydroxyl groups is 1. The van der Waals surface area contributed by atoms with Crippen molar-refractivity contribution >= 4 is 11.0 Å². The van der Waals surface area contributed by atoms with Gasteiger partial charge in [-0.15, -0.1) is 10.2 Å². The van der Waals surface area contributed by atoms with E-state index in [9.17, 15) is 5.11 Å². The molecule has 3 aromatic rings. The van der Waals surface area contributed by atoms with Crippen molar-refractivity contribution in [2.45, 2.75) is 76.0 Å². The highest BCUT2D eigenvalue weighted by molar-refractivity contribution is 5.86. The van der Waals surface area contributed by atoms with Gasteiger partial charge in [0.25, 0.3) is 0 Å². The van der Waals surface area contributed by atoms with E-state index >= 15 is 0 Å². The standard InChI is InChI=1S/C31H43N7O/c1-21-30-26-20-28(25-4-2-3-5-29(25)39)34-35-31(26)33-27(30)12-19-38(21)24-10-17-37(18-11-24)23-8-15-36(16-9-23)22-6-13-32-14-7-22/h2-5,20-24,32,39H,6-19H2,1H3,(H,33,35)/t21-/m1/s1. The molecule has 3 saturated heterocycles. The molecule has 7 rings (SSSR count). The van der Waals surface area contributed by atoms with Crippen molar-refractivity contribution in [3.8, 4) is 17.0 Å². The van der Waals surface area contributed by atoms with Crippen molar-refractivity contribution < 1.29 is 5.11 Å². The molecule has 6 heterocycles. The first-order valence-corrected chi connectivity index (χ1v) is 15.3. The number of aromatic amines is 1. The van der Waals surface area contributed by atoms with Gasteiger partial charge in [-0.25, -0.2) is 0 Å². The van der Waals surface area contributed by atoms with Crippen LogP contribution >= 0.6 is 0 Å². The van der Waals surface area contributed by atoms with Gasteiger partial charge in [0.05, 0.1) is 5.69 Å². The molecule has 0 radical (unpaired) electrons. The van der Waals surface area contributed by atoms with Crippen molar-refractivity contribution in [2.75, 3.05) is 45.8 Å². The largest absolute Gasteiger partial charge is 0.507 e. The Bertz CT molecular complexity index is 1290. The van der Waals surface area contributed by atoms with Crippen LogP contribution in [0.25, 0.3) is 22.3 Å². The van der Waals surface area contributed by atoms with Crippen LogP contribution in [0.3, 0.4) is 0 Å². The van der Waals surface area contributed by atoms with E-state index in [2.05, 4.69) is 48.2 Å². The first kappa shape index (κ1) is 25.4. The first-order valence-electron chi connectivity index (χ1n) is 15.3. The summed E-state index contributed by atoms with van der Waals surface area (Å²) in [6.45, 7) is 10.9. The molecule has 4 aliphatic rings. The van der Waals surface area contributed by atoms with Crippen LogP contribution in [-0.2, 0) is 6.42 Å². The van der Waals surface area contributed by atoms with E-state index in [1.54, 1.807) is 6.07 Å². The Morgan fingerprint density at radius 3 is 2.21 bits per heavy atom. The van der Waals surface area contributed by atoms with Gasteiger partial charge < -0.3 is 25.2 Å². The van der Waals surface area contributed by atoms with E-state index in [-0.39, 0.29) is 5.75 Å². The quantitative estimate of drug-likeness (QED) is 0.472. The molecule has 1 atom stereocenters. The fraction of sp³-hybridized carbons (Fsp3) is 0.613. The number of fused-ring (bicyclic) bond motifs is 3. The number of para-hydroxylation sites is 1. The minimum Gasteiger partial charge on any atom is -0.507 e. The van der Waals surface area contributed by atoms with Crippen molar-refractivity contribution in [1.29, 1.82) is 0 Å². The van der Waals surface area contributed by atoms with Gasteiger partial charge in [-0.2, -0.15) is 0 Å². The van der Waals surface area contributed by atoms with Crippen molar-refractivity contribution in [3.63, 3.8) is 0 Å². The average molecular weight is 530 g/mol. The Labute approximate surface area is 231 Å². The van der Waals surface area contributed by atoms with Gasteiger partial charge in [0.1, 0.15) is 5.75 Å². The third-order valence-corrected chi connectivity index (χ3v) is 10.2. The Morgan fingerprint density at radius 2 is 1.49 bits per heavy atom. The number of hydrogen-bond acceptors (Lipinski definition) is 7. The van der Waals surface area contributed by atoms with E-state index in [1.165, 1.54) is 89.1 Å². The maximum absolute atomic E-state index is 10.4. The number of hydrogen-bond donors (Lipinski definition) is 3. The van der Waals surface area contributed by atoms with Gasteiger partial charge in [-0.05, 0) is 108 Å². The molecule has 0 amide bonds. The van der Waals surface area contributed by atoms with Crippen LogP contribution in [0.1, 0.15) is 62.7 Å². The molecular formula is C31H43N7O. The van der Waals surface area contributed by atoms with Gasteiger partial charge >= 0.3 is 0 Å². The van der Waals surface area contributed by atoms with Gasteiger partial charge in [-0.1, -0.05) is 12.1 Å². The highest BCUT2D eigenvalue weighted by atomic mass is 16.3. The molecule has 208 valence electrons. The summed E-state index contributed by atoms with van der Waals surface area (Å²) >= 11 is 0. The monoisotopic (exact) mass is 529 g/mol. The van der Waals surface area contributed by atoms with Crippen LogP contribution in [0.4, 0.5) is 0 Å². The number of nitrogens with zero attached hydrogens (tertiary/aromatic N) is 5. The molecule has 0 saturated carbocycles. The topological polar surface area (TPSA) is 83.5 Å². The molecule has 8 nitrogen and oxygen atoms in total. The highest BCUT2D eigenvalue weighted by Gasteiger charge is 2.36. The third kappa shape index (κ3) is 4.86. The molecule has 3 N–H and O–H groups in total. The van der Waals surface area contributed by atoms with Crippen molar-refractivity contribution in [1.82, 2.24) is 35.2 Å². The number of piperidine rings is 3. The summed E-state index contributed by atoms with van der Waals surface area (Å²) in [5.74, 6) is 0.244. The van der Waals surface area contributed by atoms with Crippen LogP contribution in [0, 0.1) is 0 Å². The summed E-state index contributed by atoms with van der Waals surface area (Å²) in [4.78, 5) is 11.9. The zero-order valence-electron chi connectivity index (χ0n) is 23.3. The molecular weight excluding hydrogens is 486 g/mol. The van der Waals surface area contributed by atoms with Crippen LogP contribution in [0.2, 0.25) is 0 Å². The van der Waals surface area contributed by atoms with Gasteiger partial charge in [0, 0.05) is 53.8 Å². The van der Waals surface area contributed by atoms with Crippen LogP contribution in [0.15, 0.2) is 30.3 Å². The zero-order chi connectivity index (χ0) is 26.3. The molecule has 0 unspecified atom stereocenters. The molecule has 0 spiro atoms. The predicted octanol–water partition coefficient (Wildman–Crippen LogP) is 3.93. The smallest absolute Gasteiger partial charge is 0.160 e. The summed E-state index contributed by atoms with van der Waals surface area (Å²) in [5.41, 5.74) is 4.99. The number of nitrogens with one attached hydrogen (secondary N) is 2. The SMILES string of the molecule is C[C@@H]1c2c([nH]c3nnc(-c4ccccc4O)cc23)CCN1C1CCN(C2CCN(C3CCNCC3)CC2)CC1. The lowest BCUT2D eigenvalue weighted by Crippen LogP contribution is -2.54. The molecule has 4 aliphatic heterocycles. The minimum atomic E-state index is 0.244. The number of rotatable bonds is 4. The van der Waals surface area contributed by atoms with Crippen LogP contribution in [-0.4, -0.2) is 98.9 Å². The lowest BCUT2D eigenvalue weighted by atomic mass is 9.91. The van der Waals surface area contributed by atoms with E-state index in [4.69, 9.17) is 0 Å². The fourth-order valence-electron chi connectivity index (χ4n) is 8.03. The normalized spacial score (nSPS) is 25.3. The predicted molar refractivity (Wildman–Crippen MR) is 155 cm³/mol. The summed E-state index contributed by atoms with van der Waals surface area (Å²) in [6, 6.07) is 12.1. The molecule has 2 aromatic heterocycles. The maximum atomic E-state index is 10.4. The zero-order valence-corrected chi connectivity index (χ0v) is 23.3. The van der Waals surface area contributed by atoms with Crippen molar-refractivity contribution in [2.24, 2.45) is 0 Å². The lowest BCUT2D eigenvalue weighted by molar-refractivity contribution is 0.0289. The molecule has 39 heavy (non-hydrogen) atoms. The number of likely N-dealkylation sites (tertiary alicyclic amines) is 2. The molecule has 8 heteroatoms. The number of phenols is 1. The average Bonchev–Trinajstić information content (AvgIpc) is 3.37. The minimum absolute atomic E-state index is 0.244. The molecule has 0 bridgehead atoms. The van der Waals surface area contributed by atoms with Gasteiger partial charge in [-0.3, -0.25) is 4.90 Å². The van der Waals surface area contributed by atoms with E-state index < -0.39 is 0 Å². The highest BCUT2D eigenvalue weighted by Crippen LogP contribution is 2.39. The summed E-state index contributed by atoms with van der Waals surface area (Å²) < 4.78 is 0. The Hall–Kier alpha value is -2.52. The number of phenolic OH excluding ortho intramolecular Hbond substituents is 1. The molecule has 3 fully saturated rings. The molecule has 1 aromatic carbocycles. The summed E-state index contributed by atoms with van der Waals surface area (Å²) in [7, 11) is 0. The second-order valence-electron chi connectivity index (χ2n) is 12.2. The van der Waals surface area contributed by atoms with E-state index in [1.807, 2.05) is 18.2 Å². The maximum Gasteiger partial charge on any atom is 0.160 e. The van der Waals surface area contributed by atoms with Crippen LogP contribution in [0.5, 0.6) is 5.75 Å². The second kappa shape index (κ2) is 10.8. The Balaban J connectivity index is 1.01. The summed E-state index contributed by atoms with van der Waals surface area (Å²) in [5, 5.41) is 24.0. The number of aromatic nitrogens is 3. The van der Waals surface area contributed by atoms with Gasteiger partial charge in [0.2, 0.25) is 0 Å². The lowest BCUT2D eigenvalue weighted by Gasteiger charge is -2.47. The second-order valence-corrected chi connectivity index (χ2v) is 12.2. The third-order valence-electron chi connectivity index (χ3n) is 10.2. The number of H-pyrrole nitrogens is 1. The van der Waals surface area contributed by atoms with Crippen molar-refractivity contribution in [3.05, 3.63) is 41.6 Å². The van der Waals surface area contributed by atoms with E-state index in [0.29, 0.717) is 12.1 Å². The van der Waals surface area contributed by atoms with Gasteiger partial charge in [0.15, 0.2) is 5.65 Å².